The van der Waals surface area contributed by atoms with Gasteiger partial charge in [0, 0.05) is 0 Å². The Labute approximate surface area is 153 Å². The van der Waals surface area contributed by atoms with Crippen LogP contribution < -0.4 is 0 Å². The molecule has 2 atom stereocenters. The monoisotopic (exact) mass is 381 g/mol. The molecule has 0 amide bonds. The first-order valence-electron chi connectivity index (χ1n) is 8.14. The Bertz CT molecular complexity index is 820. The van der Waals surface area contributed by atoms with Crippen LogP contribution in [0, 0.1) is 6.92 Å². The molecule has 1 N–H and O–H groups in total. The van der Waals surface area contributed by atoms with Crippen molar-refractivity contribution in [1.29, 1.82) is 0 Å². The minimum absolute atomic E-state index is 0.0700. The van der Waals surface area contributed by atoms with E-state index in [1.54, 1.807) is 32.9 Å². The van der Waals surface area contributed by atoms with Gasteiger partial charge in [0.1, 0.15) is 17.9 Å². The molecule has 0 aromatic heterocycles. The Balaban J connectivity index is 2.38. The number of ether oxygens (including phenoxy) is 1. The van der Waals surface area contributed by atoms with Gasteiger partial charge in [-0.25, -0.2) is 8.42 Å². The van der Waals surface area contributed by atoms with Crippen molar-refractivity contribution in [2.24, 2.45) is 0 Å². The first-order valence-corrected chi connectivity index (χ1v) is 9.58. The summed E-state index contributed by atoms with van der Waals surface area (Å²) < 4.78 is 31.8. The molecule has 0 spiro atoms. The van der Waals surface area contributed by atoms with Crippen molar-refractivity contribution in [2.75, 3.05) is 0 Å². The number of benzene rings is 1. The number of hydrogen-bond acceptors (Lipinski definition) is 6. The van der Waals surface area contributed by atoms with Crippen LogP contribution in [-0.4, -0.2) is 47.5 Å². The van der Waals surface area contributed by atoms with Gasteiger partial charge in [-0.05, 0) is 52.0 Å². The maximum atomic E-state index is 13.0. The summed E-state index contributed by atoms with van der Waals surface area (Å²) >= 11 is 0. The minimum atomic E-state index is -4.20. The van der Waals surface area contributed by atoms with Gasteiger partial charge in [0.15, 0.2) is 5.78 Å². The quantitative estimate of drug-likeness (QED) is 0.794. The average Bonchev–Trinajstić information content (AvgIpc) is 2.49. The van der Waals surface area contributed by atoms with Crippen molar-refractivity contribution in [2.45, 2.75) is 56.9 Å². The van der Waals surface area contributed by atoms with E-state index in [1.165, 1.54) is 12.1 Å². The summed E-state index contributed by atoms with van der Waals surface area (Å²) in [5.74, 6) is -1.31. The molecule has 1 heterocycles. The van der Waals surface area contributed by atoms with E-state index in [0.29, 0.717) is 4.31 Å². The molecule has 142 valence electrons. The lowest BCUT2D eigenvalue weighted by Gasteiger charge is -2.34. The number of ketones is 1. The Hall–Kier alpha value is -2.03. The molecule has 1 aromatic carbocycles. The summed E-state index contributed by atoms with van der Waals surface area (Å²) in [5, 5.41) is 10.2. The highest BCUT2D eigenvalue weighted by Gasteiger charge is 2.42. The second-order valence-corrected chi connectivity index (χ2v) is 8.97. The van der Waals surface area contributed by atoms with Gasteiger partial charge in [-0.15, -0.1) is 0 Å². The van der Waals surface area contributed by atoms with Crippen molar-refractivity contribution in [3.05, 3.63) is 42.0 Å². The molecule has 0 saturated heterocycles. The standard InChI is InChI=1S/C18H23NO6S/c1-12-5-7-13(8-6-12)26(23,24)19-14(15(20)9-10-16(19)21)11-17(22)25-18(2,3)4/h5-10,14,16,21H,11H2,1-4H3. The summed E-state index contributed by atoms with van der Waals surface area (Å²) in [6, 6.07) is 4.65. The molecule has 0 aliphatic carbocycles. The van der Waals surface area contributed by atoms with Crippen LogP contribution in [0.25, 0.3) is 0 Å². The fourth-order valence-corrected chi connectivity index (χ4v) is 4.15. The number of sulfonamides is 1. The zero-order valence-corrected chi connectivity index (χ0v) is 16.0. The summed E-state index contributed by atoms with van der Waals surface area (Å²) in [6.45, 7) is 6.82. The van der Waals surface area contributed by atoms with Gasteiger partial charge in [-0.2, -0.15) is 4.31 Å². The number of rotatable bonds is 4. The molecular formula is C18H23NO6S. The van der Waals surface area contributed by atoms with E-state index in [9.17, 15) is 23.1 Å². The third kappa shape index (κ3) is 4.57. The van der Waals surface area contributed by atoms with E-state index in [2.05, 4.69) is 0 Å². The zero-order chi connectivity index (χ0) is 19.7. The molecule has 7 nitrogen and oxygen atoms in total. The maximum Gasteiger partial charge on any atom is 0.308 e. The van der Waals surface area contributed by atoms with Gasteiger partial charge in [0.2, 0.25) is 10.0 Å². The first-order chi connectivity index (χ1) is 11.9. The van der Waals surface area contributed by atoms with Crippen molar-refractivity contribution in [3.63, 3.8) is 0 Å². The second kappa shape index (κ2) is 7.30. The lowest BCUT2D eigenvalue weighted by Crippen LogP contribution is -2.53. The van der Waals surface area contributed by atoms with Crippen LogP contribution in [0.15, 0.2) is 41.3 Å². The predicted molar refractivity (Wildman–Crippen MR) is 94.6 cm³/mol. The van der Waals surface area contributed by atoms with E-state index in [-0.39, 0.29) is 4.90 Å². The van der Waals surface area contributed by atoms with Crippen LogP contribution in [0.1, 0.15) is 32.8 Å². The first kappa shape index (κ1) is 20.3. The number of carbonyl (C=O) groups is 2. The van der Waals surface area contributed by atoms with E-state index in [0.717, 1.165) is 17.7 Å². The van der Waals surface area contributed by atoms with Crippen LogP contribution in [0.4, 0.5) is 0 Å². The summed E-state index contributed by atoms with van der Waals surface area (Å²) in [6.07, 6.45) is 0.134. The number of esters is 1. The van der Waals surface area contributed by atoms with Crippen molar-refractivity contribution in [1.82, 2.24) is 4.31 Å². The van der Waals surface area contributed by atoms with Gasteiger partial charge >= 0.3 is 5.97 Å². The van der Waals surface area contributed by atoms with Gasteiger partial charge in [0.25, 0.3) is 0 Å². The van der Waals surface area contributed by atoms with Gasteiger partial charge in [-0.1, -0.05) is 17.7 Å². The van der Waals surface area contributed by atoms with Crippen LogP contribution >= 0.6 is 0 Å². The minimum Gasteiger partial charge on any atom is -0.460 e. The largest absolute Gasteiger partial charge is 0.460 e. The number of carbonyl (C=O) groups excluding carboxylic acids is 2. The van der Waals surface area contributed by atoms with E-state index < -0.39 is 46.1 Å². The molecule has 1 aliphatic heterocycles. The third-order valence-corrected chi connectivity index (χ3v) is 5.60. The molecule has 2 unspecified atom stereocenters. The third-order valence-electron chi connectivity index (χ3n) is 3.71. The predicted octanol–water partition coefficient (Wildman–Crippen LogP) is 1.54. The molecule has 1 aliphatic rings. The van der Waals surface area contributed by atoms with E-state index in [4.69, 9.17) is 4.74 Å². The Morgan fingerprint density at radius 3 is 2.35 bits per heavy atom. The van der Waals surface area contributed by atoms with E-state index in [1.807, 2.05) is 6.92 Å². The smallest absolute Gasteiger partial charge is 0.308 e. The SMILES string of the molecule is Cc1ccc(S(=O)(=O)N2C(O)C=CC(=O)C2CC(=O)OC(C)(C)C)cc1. The fraction of sp³-hybridized carbons (Fsp3) is 0.444. The van der Waals surface area contributed by atoms with Gasteiger partial charge in [-0.3, -0.25) is 9.59 Å². The lowest BCUT2D eigenvalue weighted by molar-refractivity contribution is -0.157. The van der Waals surface area contributed by atoms with Gasteiger partial charge in [0.05, 0.1) is 11.3 Å². The highest BCUT2D eigenvalue weighted by molar-refractivity contribution is 7.89. The fourth-order valence-electron chi connectivity index (χ4n) is 2.56. The number of nitrogens with zero attached hydrogens (tertiary/aromatic N) is 1. The molecule has 0 fully saturated rings. The number of aryl methyl sites for hydroxylation is 1. The highest BCUT2D eigenvalue weighted by atomic mass is 32.2. The number of hydrogen-bond donors (Lipinski definition) is 1. The summed E-state index contributed by atoms with van der Waals surface area (Å²) in [7, 11) is -4.20. The van der Waals surface area contributed by atoms with E-state index >= 15 is 0 Å². The van der Waals surface area contributed by atoms with Crippen molar-refractivity contribution in [3.8, 4) is 0 Å². The summed E-state index contributed by atoms with van der Waals surface area (Å²) in [5.41, 5.74) is 0.0913. The second-order valence-electron chi connectivity index (χ2n) is 7.13. The average molecular weight is 381 g/mol. The topological polar surface area (TPSA) is 101 Å². The van der Waals surface area contributed by atoms with Crippen LogP contribution in [0.5, 0.6) is 0 Å². The lowest BCUT2D eigenvalue weighted by atomic mass is 10.0. The molecular weight excluding hydrogens is 358 g/mol. The van der Waals surface area contributed by atoms with Gasteiger partial charge < -0.3 is 9.84 Å². The molecule has 0 saturated carbocycles. The Morgan fingerprint density at radius 2 is 1.81 bits per heavy atom. The molecule has 0 bridgehead atoms. The highest BCUT2D eigenvalue weighted by Crippen LogP contribution is 2.27. The normalized spacial score (nSPS) is 21.7. The number of aliphatic hydroxyl groups excluding tert-OH is 1. The number of aliphatic hydroxyl groups is 1. The molecule has 26 heavy (non-hydrogen) atoms. The van der Waals surface area contributed by atoms with Crippen LogP contribution in [0.2, 0.25) is 0 Å². The Morgan fingerprint density at radius 1 is 1.23 bits per heavy atom. The van der Waals surface area contributed by atoms with Crippen molar-refractivity contribution < 1.29 is 27.9 Å². The van der Waals surface area contributed by atoms with Crippen LogP contribution in [0.3, 0.4) is 0 Å². The molecule has 1 aromatic rings. The summed E-state index contributed by atoms with van der Waals surface area (Å²) in [4.78, 5) is 24.3. The van der Waals surface area contributed by atoms with Crippen LogP contribution in [-0.2, 0) is 24.3 Å². The maximum absolute atomic E-state index is 13.0. The van der Waals surface area contributed by atoms with Crippen molar-refractivity contribution >= 4 is 21.8 Å². The zero-order valence-electron chi connectivity index (χ0n) is 15.2. The molecule has 2 rings (SSSR count). The molecule has 8 heteroatoms. The molecule has 0 radical (unpaired) electrons. The Kier molecular flexibility index (Phi) is 5.70.